The number of benzene rings is 1. The van der Waals surface area contributed by atoms with Crippen molar-refractivity contribution in [1.29, 1.82) is 0 Å². The van der Waals surface area contributed by atoms with E-state index in [1.165, 1.54) is 11.8 Å². The second-order valence-electron chi connectivity index (χ2n) is 5.87. The van der Waals surface area contributed by atoms with Crippen molar-refractivity contribution in [2.75, 3.05) is 30.5 Å². The van der Waals surface area contributed by atoms with Crippen LogP contribution in [0, 0.1) is 0 Å². The molecule has 8 heteroatoms. The minimum Gasteiger partial charge on any atom is -0.494 e. The Morgan fingerprint density at radius 1 is 1.28 bits per heavy atom. The third-order valence-electron chi connectivity index (χ3n) is 3.80. The van der Waals surface area contributed by atoms with Gasteiger partial charge in [0.25, 0.3) is 0 Å². The molecule has 25 heavy (non-hydrogen) atoms. The Bertz CT molecular complexity index is 660. The Labute approximate surface area is 153 Å². The third-order valence-corrected chi connectivity index (χ3v) is 6.69. The fraction of sp³-hybridized carbons (Fsp3) is 0.588. The van der Waals surface area contributed by atoms with Gasteiger partial charge in [-0.15, -0.1) is 11.8 Å². The van der Waals surface area contributed by atoms with Crippen LogP contribution in [0.2, 0.25) is 0 Å². The first-order valence-corrected chi connectivity index (χ1v) is 11.2. The Hall–Kier alpha value is -1.41. The summed E-state index contributed by atoms with van der Waals surface area (Å²) >= 11 is 1.49. The van der Waals surface area contributed by atoms with Gasteiger partial charge in [0.2, 0.25) is 5.91 Å². The predicted octanol–water partition coefficient (Wildman–Crippen LogP) is 1.89. The van der Waals surface area contributed by atoms with E-state index in [4.69, 9.17) is 9.47 Å². The van der Waals surface area contributed by atoms with E-state index in [1.807, 2.05) is 38.1 Å². The van der Waals surface area contributed by atoms with Crippen LogP contribution in [0.1, 0.15) is 20.3 Å². The highest BCUT2D eigenvalue weighted by atomic mass is 32.2. The number of thioether (sulfide) groups is 1. The van der Waals surface area contributed by atoms with Crippen LogP contribution in [0.5, 0.6) is 11.5 Å². The standard InChI is InChI=1S/C17H25NO5S2/c1-3-22-15-4-6-16(7-5-15)23-9-10-24-13(2)17(19)18-14-8-11-25(20,21)12-14/h4-7,13-14H,3,8-12H2,1-2H3,(H,18,19)/t13-,14+/m0/s1. The molecular formula is C17H25NO5S2. The first kappa shape index (κ1) is 19.9. The lowest BCUT2D eigenvalue weighted by molar-refractivity contribution is -0.120. The van der Waals surface area contributed by atoms with Crippen LogP contribution in [0.15, 0.2) is 24.3 Å². The number of carbonyl (C=O) groups excluding carboxylic acids is 1. The van der Waals surface area contributed by atoms with Gasteiger partial charge in [0.1, 0.15) is 11.5 Å². The number of hydrogen-bond donors (Lipinski definition) is 1. The molecule has 2 atom stereocenters. The zero-order valence-corrected chi connectivity index (χ0v) is 16.2. The van der Waals surface area contributed by atoms with E-state index in [0.717, 1.165) is 11.5 Å². The molecule has 0 aliphatic carbocycles. The number of hydrogen-bond acceptors (Lipinski definition) is 6. The second kappa shape index (κ2) is 9.33. The van der Waals surface area contributed by atoms with Crippen LogP contribution in [-0.2, 0) is 14.6 Å². The number of rotatable bonds is 9. The highest BCUT2D eigenvalue weighted by Crippen LogP contribution is 2.19. The van der Waals surface area contributed by atoms with Crippen LogP contribution in [0.25, 0.3) is 0 Å². The SMILES string of the molecule is CCOc1ccc(OCCS[C@@H](C)C(=O)N[C@@H]2CCS(=O)(=O)C2)cc1. The largest absolute Gasteiger partial charge is 0.494 e. The number of carbonyl (C=O) groups is 1. The molecule has 1 aromatic carbocycles. The van der Waals surface area contributed by atoms with E-state index in [9.17, 15) is 13.2 Å². The predicted molar refractivity (Wildman–Crippen MR) is 100 cm³/mol. The van der Waals surface area contributed by atoms with Gasteiger partial charge in [-0.1, -0.05) is 0 Å². The molecule has 1 aliphatic heterocycles. The van der Waals surface area contributed by atoms with Crippen molar-refractivity contribution in [2.24, 2.45) is 0 Å². The van der Waals surface area contributed by atoms with Gasteiger partial charge in [-0.05, 0) is 44.5 Å². The highest BCUT2D eigenvalue weighted by Gasteiger charge is 2.29. The lowest BCUT2D eigenvalue weighted by Crippen LogP contribution is -2.40. The summed E-state index contributed by atoms with van der Waals surface area (Å²) in [6, 6.07) is 7.18. The second-order valence-corrected chi connectivity index (χ2v) is 9.55. The smallest absolute Gasteiger partial charge is 0.233 e. The molecule has 1 fully saturated rings. The molecular weight excluding hydrogens is 362 g/mol. The molecule has 0 aromatic heterocycles. The minimum atomic E-state index is -2.98. The molecule has 140 valence electrons. The molecule has 0 unspecified atom stereocenters. The minimum absolute atomic E-state index is 0.0526. The maximum Gasteiger partial charge on any atom is 0.233 e. The summed E-state index contributed by atoms with van der Waals surface area (Å²) in [4.78, 5) is 12.1. The average molecular weight is 388 g/mol. The van der Waals surface area contributed by atoms with Gasteiger partial charge in [0.15, 0.2) is 9.84 Å². The molecule has 6 nitrogen and oxygen atoms in total. The number of amides is 1. The molecule has 1 aromatic rings. The molecule has 0 radical (unpaired) electrons. The molecule has 0 saturated carbocycles. The molecule has 1 N–H and O–H groups in total. The lowest BCUT2D eigenvalue weighted by atomic mass is 10.2. The average Bonchev–Trinajstić information content (AvgIpc) is 2.91. The Kier molecular flexibility index (Phi) is 7.43. The van der Waals surface area contributed by atoms with Crippen molar-refractivity contribution in [3.8, 4) is 11.5 Å². The lowest BCUT2D eigenvalue weighted by Gasteiger charge is -2.15. The van der Waals surface area contributed by atoms with Gasteiger partial charge >= 0.3 is 0 Å². The summed E-state index contributed by atoms with van der Waals surface area (Å²) in [6.07, 6.45) is 0.506. The Morgan fingerprint density at radius 3 is 2.48 bits per heavy atom. The van der Waals surface area contributed by atoms with Crippen molar-refractivity contribution in [1.82, 2.24) is 5.32 Å². The number of sulfone groups is 1. The van der Waals surface area contributed by atoms with E-state index >= 15 is 0 Å². The van der Waals surface area contributed by atoms with Crippen LogP contribution in [-0.4, -0.2) is 56.1 Å². The van der Waals surface area contributed by atoms with E-state index in [0.29, 0.717) is 25.4 Å². The van der Waals surface area contributed by atoms with Crippen LogP contribution >= 0.6 is 11.8 Å². The van der Waals surface area contributed by atoms with E-state index in [2.05, 4.69) is 5.32 Å². The van der Waals surface area contributed by atoms with Crippen molar-refractivity contribution in [2.45, 2.75) is 31.6 Å². The summed E-state index contributed by atoms with van der Waals surface area (Å²) in [7, 11) is -2.98. The van der Waals surface area contributed by atoms with Crippen molar-refractivity contribution < 1.29 is 22.7 Å². The number of ether oxygens (including phenoxy) is 2. The molecule has 0 spiro atoms. The molecule has 1 saturated heterocycles. The monoisotopic (exact) mass is 387 g/mol. The Morgan fingerprint density at radius 2 is 1.92 bits per heavy atom. The normalized spacial score (nSPS) is 20.0. The fourth-order valence-corrected chi connectivity index (χ4v) is 4.91. The maximum atomic E-state index is 12.1. The van der Waals surface area contributed by atoms with Gasteiger partial charge in [-0.25, -0.2) is 8.42 Å². The summed E-state index contributed by atoms with van der Waals surface area (Å²) in [5.74, 6) is 2.34. The summed E-state index contributed by atoms with van der Waals surface area (Å²) in [6.45, 7) is 4.88. The van der Waals surface area contributed by atoms with E-state index < -0.39 is 9.84 Å². The zero-order chi connectivity index (χ0) is 18.3. The molecule has 1 heterocycles. The van der Waals surface area contributed by atoms with E-state index in [-0.39, 0.29) is 28.7 Å². The molecule has 0 bridgehead atoms. The maximum absolute atomic E-state index is 12.1. The van der Waals surface area contributed by atoms with E-state index in [1.54, 1.807) is 0 Å². The first-order valence-electron chi connectivity index (χ1n) is 8.37. The van der Waals surface area contributed by atoms with Gasteiger partial charge in [0.05, 0.1) is 30.0 Å². The summed E-state index contributed by atoms with van der Waals surface area (Å²) < 4.78 is 33.8. The summed E-state index contributed by atoms with van der Waals surface area (Å²) in [5, 5.41) is 2.57. The first-order chi connectivity index (χ1) is 11.9. The van der Waals surface area contributed by atoms with Gasteiger partial charge in [0, 0.05) is 11.8 Å². The highest BCUT2D eigenvalue weighted by molar-refractivity contribution is 8.00. The topological polar surface area (TPSA) is 81.7 Å². The molecule has 1 amide bonds. The van der Waals surface area contributed by atoms with Crippen LogP contribution < -0.4 is 14.8 Å². The van der Waals surface area contributed by atoms with Gasteiger partial charge < -0.3 is 14.8 Å². The summed E-state index contributed by atoms with van der Waals surface area (Å²) in [5.41, 5.74) is 0. The van der Waals surface area contributed by atoms with Gasteiger partial charge in [-0.2, -0.15) is 0 Å². The number of nitrogens with one attached hydrogen (secondary N) is 1. The Balaban J connectivity index is 1.64. The fourth-order valence-electron chi connectivity index (χ4n) is 2.49. The van der Waals surface area contributed by atoms with Crippen molar-refractivity contribution in [3.63, 3.8) is 0 Å². The quantitative estimate of drug-likeness (QED) is 0.652. The van der Waals surface area contributed by atoms with Crippen LogP contribution in [0.4, 0.5) is 0 Å². The van der Waals surface area contributed by atoms with Crippen LogP contribution in [0.3, 0.4) is 0 Å². The molecule has 1 aliphatic rings. The molecule has 2 rings (SSSR count). The van der Waals surface area contributed by atoms with Crippen molar-refractivity contribution >= 4 is 27.5 Å². The van der Waals surface area contributed by atoms with Crippen molar-refractivity contribution in [3.05, 3.63) is 24.3 Å². The third kappa shape index (κ3) is 6.78. The van der Waals surface area contributed by atoms with Gasteiger partial charge in [-0.3, -0.25) is 4.79 Å². The zero-order valence-electron chi connectivity index (χ0n) is 14.6.